The number of anilines is 1. The molecule has 0 saturated heterocycles. The number of hydrogen-bond acceptors (Lipinski definition) is 6. The lowest BCUT2D eigenvalue weighted by molar-refractivity contribution is -0.117. The topological polar surface area (TPSA) is 100 Å². The Labute approximate surface area is 148 Å². The van der Waals surface area contributed by atoms with Gasteiger partial charge in [0.1, 0.15) is 18.0 Å². The van der Waals surface area contributed by atoms with Crippen molar-refractivity contribution in [3.05, 3.63) is 59.1 Å². The van der Waals surface area contributed by atoms with Crippen LogP contribution in [0.25, 0.3) is 5.82 Å². The van der Waals surface area contributed by atoms with Crippen LogP contribution in [-0.2, 0) is 11.3 Å². The summed E-state index contributed by atoms with van der Waals surface area (Å²) in [5, 5.41) is 10.9. The third-order valence-corrected chi connectivity index (χ3v) is 3.57. The Kier molecular flexibility index (Phi) is 4.97. The van der Waals surface area contributed by atoms with Crippen LogP contribution in [0, 0.1) is 0 Å². The third kappa shape index (κ3) is 3.72. The minimum Gasteiger partial charge on any atom is -0.497 e. The van der Waals surface area contributed by atoms with Gasteiger partial charge >= 0.3 is 0 Å². The molecule has 1 amide bonds. The van der Waals surface area contributed by atoms with Crippen LogP contribution in [-0.4, -0.2) is 39.7 Å². The van der Waals surface area contributed by atoms with Crippen molar-refractivity contribution in [3.63, 3.8) is 0 Å². The van der Waals surface area contributed by atoms with Crippen LogP contribution in [0.2, 0.25) is 0 Å². The number of carbonyl (C=O) groups excluding carboxylic acids is 1. The summed E-state index contributed by atoms with van der Waals surface area (Å²) in [7, 11) is 3.02. The molecule has 0 bridgehead atoms. The molecule has 2 aromatic heterocycles. The van der Waals surface area contributed by atoms with Crippen molar-refractivity contribution >= 4 is 11.6 Å². The van der Waals surface area contributed by atoms with Crippen LogP contribution in [0.5, 0.6) is 11.5 Å². The number of carbonyl (C=O) groups is 1. The summed E-state index contributed by atoms with van der Waals surface area (Å²) in [4.78, 5) is 24.4. The van der Waals surface area contributed by atoms with Crippen molar-refractivity contribution in [3.8, 4) is 17.3 Å². The van der Waals surface area contributed by atoms with E-state index < -0.39 is 11.5 Å². The average molecular weight is 355 g/mol. The van der Waals surface area contributed by atoms with E-state index in [2.05, 4.69) is 15.5 Å². The van der Waals surface area contributed by atoms with E-state index in [-0.39, 0.29) is 6.54 Å². The van der Waals surface area contributed by atoms with Crippen LogP contribution >= 0.6 is 0 Å². The lowest BCUT2D eigenvalue weighted by Crippen LogP contribution is -2.30. The van der Waals surface area contributed by atoms with Crippen molar-refractivity contribution in [2.24, 2.45) is 0 Å². The standard InChI is InChI=1S/C17H17N5O4/c1-25-12-4-5-14(26-2)13(10-12)19-16(23)11-22-17(24)7-6-15(20-22)21-9-3-8-18-21/h3-10H,11H2,1-2H3,(H,19,23). The molecule has 0 aliphatic heterocycles. The van der Waals surface area contributed by atoms with E-state index >= 15 is 0 Å². The monoisotopic (exact) mass is 355 g/mol. The normalized spacial score (nSPS) is 10.4. The Bertz CT molecular complexity index is 966. The molecule has 2 heterocycles. The van der Waals surface area contributed by atoms with Crippen molar-refractivity contribution in [1.29, 1.82) is 0 Å². The van der Waals surface area contributed by atoms with E-state index in [1.165, 1.54) is 31.0 Å². The molecule has 0 unspecified atom stereocenters. The second kappa shape index (κ2) is 7.51. The number of rotatable bonds is 6. The number of hydrogen-bond donors (Lipinski definition) is 1. The van der Waals surface area contributed by atoms with E-state index in [1.807, 2.05) is 0 Å². The molecule has 0 atom stereocenters. The van der Waals surface area contributed by atoms with E-state index in [1.54, 1.807) is 36.7 Å². The highest BCUT2D eigenvalue weighted by molar-refractivity contribution is 5.92. The van der Waals surface area contributed by atoms with Crippen LogP contribution in [0.4, 0.5) is 5.69 Å². The van der Waals surface area contributed by atoms with Gasteiger partial charge in [0.05, 0.1) is 19.9 Å². The van der Waals surface area contributed by atoms with Gasteiger partial charge in [0.15, 0.2) is 5.82 Å². The minimum atomic E-state index is -0.427. The van der Waals surface area contributed by atoms with E-state index in [9.17, 15) is 9.59 Å². The van der Waals surface area contributed by atoms with Gasteiger partial charge in [-0.2, -0.15) is 5.10 Å². The molecule has 134 valence electrons. The van der Waals surface area contributed by atoms with Crippen LogP contribution in [0.15, 0.2) is 53.6 Å². The Morgan fingerprint density at radius 3 is 2.73 bits per heavy atom. The fraction of sp³-hybridized carbons (Fsp3) is 0.176. The smallest absolute Gasteiger partial charge is 0.267 e. The van der Waals surface area contributed by atoms with Crippen molar-refractivity contribution in [1.82, 2.24) is 19.6 Å². The molecule has 0 spiro atoms. The Hall–Kier alpha value is -3.62. The second-order valence-corrected chi connectivity index (χ2v) is 5.25. The largest absolute Gasteiger partial charge is 0.497 e. The summed E-state index contributed by atoms with van der Waals surface area (Å²) < 4.78 is 12.9. The van der Waals surface area contributed by atoms with Gasteiger partial charge in [-0.1, -0.05) is 0 Å². The second-order valence-electron chi connectivity index (χ2n) is 5.25. The van der Waals surface area contributed by atoms with Gasteiger partial charge in [-0.15, -0.1) is 5.10 Å². The van der Waals surface area contributed by atoms with Gasteiger partial charge < -0.3 is 14.8 Å². The van der Waals surface area contributed by atoms with E-state index in [0.717, 1.165) is 4.68 Å². The number of benzene rings is 1. The molecule has 0 fully saturated rings. The maximum Gasteiger partial charge on any atom is 0.267 e. The fourth-order valence-corrected chi connectivity index (χ4v) is 2.32. The predicted molar refractivity (Wildman–Crippen MR) is 93.8 cm³/mol. The molecule has 0 aliphatic carbocycles. The van der Waals surface area contributed by atoms with Crippen LogP contribution < -0.4 is 20.3 Å². The van der Waals surface area contributed by atoms with E-state index in [0.29, 0.717) is 23.0 Å². The zero-order valence-electron chi connectivity index (χ0n) is 14.2. The molecule has 3 rings (SSSR count). The fourth-order valence-electron chi connectivity index (χ4n) is 2.32. The predicted octanol–water partition coefficient (Wildman–Crippen LogP) is 1.08. The Balaban J connectivity index is 1.81. The molecule has 0 radical (unpaired) electrons. The number of aromatic nitrogens is 4. The number of methoxy groups -OCH3 is 2. The van der Waals surface area contributed by atoms with Crippen molar-refractivity contribution < 1.29 is 14.3 Å². The summed E-state index contributed by atoms with van der Waals surface area (Å²) >= 11 is 0. The summed E-state index contributed by atoms with van der Waals surface area (Å²) in [6, 6.07) is 9.63. The maximum absolute atomic E-state index is 12.4. The highest BCUT2D eigenvalue weighted by atomic mass is 16.5. The zero-order chi connectivity index (χ0) is 18.5. The summed E-state index contributed by atoms with van der Waals surface area (Å²) in [5.41, 5.74) is 0.0433. The van der Waals surface area contributed by atoms with Gasteiger partial charge in [0, 0.05) is 24.5 Å². The third-order valence-electron chi connectivity index (χ3n) is 3.57. The summed E-state index contributed by atoms with van der Waals surface area (Å²) in [6.07, 6.45) is 3.29. The average Bonchev–Trinajstić information content (AvgIpc) is 3.18. The van der Waals surface area contributed by atoms with Gasteiger partial charge in [0.2, 0.25) is 5.91 Å². The number of amides is 1. The highest BCUT2D eigenvalue weighted by Crippen LogP contribution is 2.28. The van der Waals surface area contributed by atoms with Crippen LogP contribution in [0.1, 0.15) is 0 Å². The SMILES string of the molecule is COc1ccc(OC)c(NC(=O)Cn2nc(-n3cccn3)ccc2=O)c1. The number of nitrogens with one attached hydrogen (secondary N) is 1. The van der Waals surface area contributed by atoms with E-state index in [4.69, 9.17) is 9.47 Å². The molecule has 1 aromatic carbocycles. The lowest BCUT2D eigenvalue weighted by atomic mass is 10.2. The number of nitrogens with zero attached hydrogens (tertiary/aromatic N) is 4. The first-order valence-corrected chi connectivity index (χ1v) is 7.71. The van der Waals surface area contributed by atoms with Gasteiger partial charge in [-0.3, -0.25) is 9.59 Å². The van der Waals surface area contributed by atoms with Gasteiger partial charge in [-0.25, -0.2) is 9.36 Å². The van der Waals surface area contributed by atoms with Gasteiger partial charge in [-0.05, 0) is 24.3 Å². The first-order valence-electron chi connectivity index (χ1n) is 7.71. The lowest BCUT2D eigenvalue weighted by Gasteiger charge is -2.12. The molecular formula is C17H17N5O4. The molecule has 26 heavy (non-hydrogen) atoms. The maximum atomic E-state index is 12.4. The molecule has 0 saturated carbocycles. The Morgan fingerprint density at radius 1 is 1.19 bits per heavy atom. The first-order chi connectivity index (χ1) is 12.6. The number of ether oxygens (including phenoxy) is 2. The van der Waals surface area contributed by atoms with Gasteiger partial charge in [0.25, 0.3) is 5.56 Å². The van der Waals surface area contributed by atoms with Crippen molar-refractivity contribution in [2.45, 2.75) is 6.54 Å². The first kappa shape index (κ1) is 17.2. The molecular weight excluding hydrogens is 338 g/mol. The minimum absolute atomic E-state index is 0.256. The van der Waals surface area contributed by atoms with Crippen LogP contribution in [0.3, 0.4) is 0 Å². The molecule has 0 aliphatic rings. The quantitative estimate of drug-likeness (QED) is 0.710. The Morgan fingerprint density at radius 2 is 2.04 bits per heavy atom. The van der Waals surface area contributed by atoms with Crippen molar-refractivity contribution in [2.75, 3.05) is 19.5 Å². The summed E-state index contributed by atoms with van der Waals surface area (Å²) in [5.74, 6) is 1.05. The molecule has 9 heteroatoms. The molecule has 3 aromatic rings. The molecule has 1 N–H and O–H groups in total. The highest BCUT2D eigenvalue weighted by Gasteiger charge is 2.12. The summed E-state index contributed by atoms with van der Waals surface area (Å²) in [6.45, 7) is -0.256. The molecule has 9 nitrogen and oxygen atoms in total. The zero-order valence-corrected chi connectivity index (χ0v) is 14.2.